The van der Waals surface area contributed by atoms with Crippen LogP contribution in [0.2, 0.25) is 0 Å². The number of rotatable bonds is 8. The van der Waals surface area contributed by atoms with Crippen molar-refractivity contribution in [3.63, 3.8) is 0 Å². The number of hydrogen-bond acceptors (Lipinski definition) is 2. The molecular weight excluding hydrogens is 319 g/mol. The predicted molar refractivity (Wildman–Crippen MR) is 85.6 cm³/mol. The quantitative estimate of drug-likeness (QED) is 0.725. The maximum atomic E-state index is 12.5. The molecule has 24 heavy (non-hydrogen) atoms. The zero-order valence-corrected chi connectivity index (χ0v) is 14.0. The minimum Gasteiger partial charge on any atom is -0.381 e. The van der Waals surface area contributed by atoms with Gasteiger partial charge in [-0.2, -0.15) is 13.2 Å². The van der Waals surface area contributed by atoms with Crippen molar-refractivity contribution in [1.82, 2.24) is 5.32 Å². The summed E-state index contributed by atoms with van der Waals surface area (Å²) in [5.74, 6) is 0.377. The topological polar surface area (TPSA) is 38.3 Å². The van der Waals surface area contributed by atoms with E-state index in [1.54, 1.807) is 0 Å². The summed E-state index contributed by atoms with van der Waals surface area (Å²) in [7, 11) is 0. The number of carbonyl (C=O) groups excluding carboxylic acids is 1. The summed E-state index contributed by atoms with van der Waals surface area (Å²) >= 11 is 0. The van der Waals surface area contributed by atoms with Crippen LogP contribution >= 0.6 is 0 Å². The maximum Gasteiger partial charge on any atom is 0.416 e. The molecule has 1 N–H and O–H groups in total. The van der Waals surface area contributed by atoms with E-state index in [0.717, 1.165) is 24.1 Å². The Morgan fingerprint density at radius 1 is 1.29 bits per heavy atom. The molecule has 3 nitrogen and oxygen atoms in total. The lowest BCUT2D eigenvalue weighted by Crippen LogP contribution is -2.27. The molecule has 1 fully saturated rings. The van der Waals surface area contributed by atoms with Crippen LogP contribution in [0.4, 0.5) is 13.2 Å². The van der Waals surface area contributed by atoms with E-state index in [4.69, 9.17) is 4.74 Å². The van der Waals surface area contributed by atoms with Crippen LogP contribution in [0.15, 0.2) is 24.3 Å². The number of ether oxygens (including phenoxy) is 1. The van der Waals surface area contributed by atoms with E-state index >= 15 is 0 Å². The Morgan fingerprint density at radius 2 is 1.96 bits per heavy atom. The van der Waals surface area contributed by atoms with Gasteiger partial charge in [-0.3, -0.25) is 4.79 Å². The van der Waals surface area contributed by atoms with Crippen LogP contribution < -0.4 is 5.32 Å². The number of halogens is 3. The van der Waals surface area contributed by atoms with Gasteiger partial charge in [-0.25, -0.2) is 0 Å². The standard InChI is InChI=1S/C18H24F3NO2/c1-12(2)11-24-9-3-8-22-17(23)16-10-15(16)13-4-6-14(7-5-13)18(19,20)21/h4-7,12,15-16H,3,8-11H2,1-2H3,(H,22,23). The summed E-state index contributed by atoms with van der Waals surface area (Å²) in [6.07, 6.45) is -2.87. The van der Waals surface area contributed by atoms with E-state index in [1.165, 1.54) is 12.1 Å². The van der Waals surface area contributed by atoms with Gasteiger partial charge in [-0.15, -0.1) is 0 Å². The highest BCUT2D eigenvalue weighted by Gasteiger charge is 2.44. The van der Waals surface area contributed by atoms with Crippen molar-refractivity contribution in [2.45, 2.75) is 38.8 Å². The van der Waals surface area contributed by atoms with Crippen LogP contribution in [0.1, 0.15) is 43.7 Å². The molecule has 0 radical (unpaired) electrons. The number of amides is 1. The first-order valence-electron chi connectivity index (χ1n) is 8.31. The monoisotopic (exact) mass is 343 g/mol. The van der Waals surface area contributed by atoms with Gasteiger partial charge < -0.3 is 10.1 Å². The van der Waals surface area contributed by atoms with Gasteiger partial charge in [-0.1, -0.05) is 26.0 Å². The van der Waals surface area contributed by atoms with E-state index in [1.807, 2.05) is 0 Å². The lowest BCUT2D eigenvalue weighted by molar-refractivity contribution is -0.137. The summed E-state index contributed by atoms with van der Waals surface area (Å²) in [6.45, 7) is 6.05. The third kappa shape index (κ3) is 5.51. The van der Waals surface area contributed by atoms with Gasteiger partial charge in [0.05, 0.1) is 5.56 Å². The smallest absolute Gasteiger partial charge is 0.381 e. The number of benzene rings is 1. The molecule has 134 valence electrons. The van der Waals surface area contributed by atoms with Crippen LogP contribution in [-0.4, -0.2) is 25.7 Å². The van der Waals surface area contributed by atoms with Crippen LogP contribution in [0, 0.1) is 11.8 Å². The molecule has 1 aliphatic rings. The summed E-state index contributed by atoms with van der Waals surface area (Å²) < 4.78 is 43.1. The molecular formula is C18H24F3NO2. The molecule has 0 aromatic heterocycles. The van der Waals surface area contributed by atoms with Gasteiger partial charge >= 0.3 is 6.18 Å². The van der Waals surface area contributed by atoms with Crippen molar-refractivity contribution < 1.29 is 22.7 Å². The van der Waals surface area contributed by atoms with Gasteiger partial charge in [0.15, 0.2) is 0 Å². The van der Waals surface area contributed by atoms with Gasteiger partial charge in [0, 0.05) is 25.7 Å². The fourth-order valence-electron chi connectivity index (χ4n) is 2.61. The third-order valence-electron chi connectivity index (χ3n) is 4.01. The Labute approximate surface area is 140 Å². The van der Waals surface area contributed by atoms with Gasteiger partial charge in [0.1, 0.15) is 0 Å². The van der Waals surface area contributed by atoms with Gasteiger partial charge in [0.25, 0.3) is 0 Å². The minimum absolute atomic E-state index is 0.0243. The zero-order chi connectivity index (χ0) is 17.7. The molecule has 2 atom stereocenters. The molecule has 6 heteroatoms. The number of carbonyl (C=O) groups is 1. The predicted octanol–water partition coefficient (Wildman–Crippen LogP) is 3.99. The van der Waals surface area contributed by atoms with E-state index in [2.05, 4.69) is 19.2 Å². The highest BCUT2D eigenvalue weighted by Crippen LogP contribution is 2.47. The van der Waals surface area contributed by atoms with Crippen molar-refractivity contribution in [3.8, 4) is 0 Å². The first kappa shape index (κ1) is 18.8. The molecule has 0 bridgehead atoms. The zero-order valence-electron chi connectivity index (χ0n) is 14.0. The largest absolute Gasteiger partial charge is 0.416 e. The second kappa shape index (κ2) is 8.01. The molecule has 2 rings (SSSR count). The first-order chi connectivity index (χ1) is 11.3. The Morgan fingerprint density at radius 3 is 2.54 bits per heavy atom. The van der Waals surface area contributed by atoms with Crippen molar-refractivity contribution in [3.05, 3.63) is 35.4 Å². The molecule has 0 aliphatic heterocycles. The molecule has 1 amide bonds. The highest BCUT2D eigenvalue weighted by molar-refractivity contribution is 5.82. The molecule has 1 aromatic rings. The molecule has 0 saturated heterocycles. The highest BCUT2D eigenvalue weighted by atomic mass is 19.4. The Bertz CT molecular complexity index is 540. The lowest BCUT2D eigenvalue weighted by Gasteiger charge is -2.08. The molecule has 2 unspecified atom stereocenters. The van der Waals surface area contributed by atoms with E-state index in [9.17, 15) is 18.0 Å². The third-order valence-corrected chi connectivity index (χ3v) is 4.01. The second-order valence-electron chi connectivity index (χ2n) is 6.68. The number of alkyl halides is 3. The average molecular weight is 343 g/mol. The summed E-state index contributed by atoms with van der Waals surface area (Å²) in [5.41, 5.74) is 0.137. The van der Waals surface area contributed by atoms with Crippen LogP contribution in [-0.2, 0) is 15.7 Å². The van der Waals surface area contributed by atoms with Crippen molar-refractivity contribution >= 4 is 5.91 Å². The van der Waals surface area contributed by atoms with Crippen molar-refractivity contribution in [1.29, 1.82) is 0 Å². The number of hydrogen-bond donors (Lipinski definition) is 1. The fraction of sp³-hybridized carbons (Fsp3) is 0.611. The molecule has 1 aromatic carbocycles. The van der Waals surface area contributed by atoms with Gasteiger partial charge in [0.2, 0.25) is 5.91 Å². The lowest BCUT2D eigenvalue weighted by atomic mass is 10.1. The average Bonchev–Trinajstić information content (AvgIpc) is 3.30. The SMILES string of the molecule is CC(C)COCCCNC(=O)C1CC1c1ccc(C(F)(F)F)cc1. The Balaban J connectivity index is 1.69. The van der Waals surface area contributed by atoms with Crippen LogP contribution in [0.3, 0.4) is 0 Å². The normalized spacial score (nSPS) is 20.2. The minimum atomic E-state index is -4.32. The van der Waals surface area contributed by atoms with E-state index in [0.29, 0.717) is 32.1 Å². The number of nitrogens with one attached hydrogen (secondary N) is 1. The fourth-order valence-corrected chi connectivity index (χ4v) is 2.61. The van der Waals surface area contributed by atoms with E-state index in [-0.39, 0.29) is 17.7 Å². The molecule has 1 aliphatic carbocycles. The second-order valence-corrected chi connectivity index (χ2v) is 6.68. The van der Waals surface area contributed by atoms with Gasteiger partial charge in [-0.05, 0) is 42.4 Å². The van der Waals surface area contributed by atoms with Crippen molar-refractivity contribution in [2.75, 3.05) is 19.8 Å². The molecule has 0 heterocycles. The van der Waals surface area contributed by atoms with Crippen LogP contribution in [0.5, 0.6) is 0 Å². The maximum absolute atomic E-state index is 12.5. The van der Waals surface area contributed by atoms with Crippen molar-refractivity contribution in [2.24, 2.45) is 11.8 Å². The summed E-state index contributed by atoms with van der Waals surface area (Å²) in [5, 5.41) is 2.87. The Hall–Kier alpha value is -1.56. The summed E-state index contributed by atoms with van der Waals surface area (Å²) in [6, 6.07) is 5.10. The van der Waals surface area contributed by atoms with Crippen LogP contribution in [0.25, 0.3) is 0 Å². The summed E-state index contributed by atoms with van der Waals surface area (Å²) in [4.78, 5) is 12.0. The molecule has 0 spiro atoms. The molecule has 1 saturated carbocycles. The first-order valence-corrected chi connectivity index (χ1v) is 8.31. The Kier molecular flexibility index (Phi) is 6.27. The van der Waals surface area contributed by atoms with E-state index < -0.39 is 11.7 Å².